The van der Waals surface area contributed by atoms with E-state index < -0.39 is 15.8 Å². The molecule has 1 aromatic carbocycles. The van der Waals surface area contributed by atoms with Gasteiger partial charge in [0.2, 0.25) is 0 Å². The molecule has 7 heteroatoms. The zero-order chi connectivity index (χ0) is 14.8. The van der Waals surface area contributed by atoms with E-state index in [0.717, 1.165) is 22.8 Å². The van der Waals surface area contributed by atoms with Crippen LogP contribution in [0, 0.1) is 5.82 Å². The van der Waals surface area contributed by atoms with Crippen LogP contribution in [-0.4, -0.2) is 19.9 Å². The van der Waals surface area contributed by atoms with Crippen LogP contribution in [0.3, 0.4) is 0 Å². The number of aromatic nitrogens is 1. The number of pyridine rings is 1. The third-order valence-corrected chi connectivity index (χ3v) is 4.61. The Labute approximate surface area is 116 Å². The van der Waals surface area contributed by atoms with E-state index in [1.165, 1.54) is 0 Å². The molecule has 2 rings (SSSR count). The number of nitrogen functional groups attached to an aromatic ring is 1. The van der Waals surface area contributed by atoms with Crippen molar-refractivity contribution in [3.05, 3.63) is 48.5 Å². The first-order chi connectivity index (χ1) is 9.46. The summed E-state index contributed by atoms with van der Waals surface area (Å²) in [6.07, 6.45) is 2.06. The van der Waals surface area contributed by atoms with Crippen LogP contribution >= 0.6 is 0 Å². The van der Waals surface area contributed by atoms with Crippen molar-refractivity contribution in [3.63, 3.8) is 0 Å². The largest absolute Gasteiger partial charge is 0.397 e. The van der Waals surface area contributed by atoms with Crippen LogP contribution < -0.4 is 10.0 Å². The standard InChI is InChI=1S/C13H14FN3O2S/c1-2-17(13-6-4-3-5-12(13)15)20(18,19)11-7-10(14)8-16-9-11/h3-9H,2,15H2,1H3. The first-order valence-corrected chi connectivity index (χ1v) is 7.38. The van der Waals surface area contributed by atoms with E-state index in [2.05, 4.69) is 4.98 Å². The molecule has 2 aromatic rings. The van der Waals surface area contributed by atoms with E-state index in [4.69, 9.17) is 5.73 Å². The zero-order valence-electron chi connectivity index (χ0n) is 10.8. The minimum Gasteiger partial charge on any atom is -0.397 e. The van der Waals surface area contributed by atoms with Crippen LogP contribution in [0.2, 0.25) is 0 Å². The molecule has 0 amide bonds. The van der Waals surface area contributed by atoms with Gasteiger partial charge in [-0.2, -0.15) is 0 Å². The lowest BCUT2D eigenvalue weighted by Gasteiger charge is -2.24. The van der Waals surface area contributed by atoms with Gasteiger partial charge >= 0.3 is 0 Å². The van der Waals surface area contributed by atoms with Gasteiger partial charge in [0.15, 0.2) is 0 Å². The summed E-state index contributed by atoms with van der Waals surface area (Å²) < 4.78 is 39.4. The first-order valence-electron chi connectivity index (χ1n) is 5.94. The fourth-order valence-corrected chi connectivity index (χ4v) is 3.32. The molecule has 1 aromatic heterocycles. The number of benzene rings is 1. The third kappa shape index (κ3) is 2.57. The maximum atomic E-state index is 13.2. The van der Waals surface area contributed by atoms with Crippen LogP contribution in [0.15, 0.2) is 47.6 Å². The molecule has 0 atom stereocenters. The van der Waals surface area contributed by atoms with Gasteiger partial charge in [-0.1, -0.05) is 12.1 Å². The van der Waals surface area contributed by atoms with Crippen molar-refractivity contribution in [1.29, 1.82) is 0 Å². The highest BCUT2D eigenvalue weighted by molar-refractivity contribution is 7.92. The number of sulfonamides is 1. The van der Waals surface area contributed by atoms with Crippen molar-refractivity contribution >= 4 is 21.4 Å². The lowest BCUT2D eigenvalue weighted by molar-refractivity contribution is 0.584. The number of rotatable bonds is 4. The fourth-order valence-electron chi connectivity index (χ4n) is 1.85. The smallest absolute Gasteiger partial charge is 0.266 e. The summed E-state index contributed by atoms with van der Waals surface area (Å²) in [5, 5.41) is 0. The minimum atomic E-state index is -3.90. The number of para-hydroxylation sites is 2. The molecule has 0 unspecified atom stereocenters. The predicted molar refractivity (Wildman–Crippen MR) is 75.3 cm³/mol. The molecule has 0 aliphatic heterocycles. The molecule has 0 radical (unpaired) electrons. The molecule has 20 heavy (non-hydrogen) atoms. The molecule has 0 aliphatic rings. The van der Waals surface area contributed by atoms with Crippen molar-refractivity contribution in [3.8, 4) is 0 Å². The fraction of sp³-hybridized carbons (Fsp3) is 0.154. The Kier molecular flexibility index (Phi) is 3.89. The summed E-state index contributed by atoms with van der Waals surface area (Å²) in [4.78, 5) is 3.37. The van der Waals surface area contributed by atoms with Crippen molar-refractivity contribution in [2.75, 3.05) is 16.6 Å². The van der Waals surface area contributed by atoms with Gasteiger partial charge in [-0.3, -0.25) is 9.29 Å². The molecular formula is C13H14FN3O2S. The van der Waals surface area contributed by atoms with Gasteiger partial charge in [0.05, 0.1) is 17.6 Å². The topological polar surface area (TPSA) is 76.3 Å². The highest BCUT2D eigenvalue weighted by Gasteiger charge is 2.25. The summed E-state index contributed by atoms with van der Waals surface area (Å²) in [7, 11) is -3.90. The molecule has 0 fully saturated rings. The van der Waals surface area contributed by atoms with Crippen molar-refractivity contribution < 1.29 is 12.8 Å². The molecule has 0 bridgehead atoms. The lowest BCUT2D eigenvalue weighted by atomic mass is 10.3. The number of halogens is 1. The second-order valence-corrected chi connectivity index (χ2v) is 5.93. The van der Waals surface area contributed by atoms with Gasteiger partial charge in [-0.05, 0) is 25.1 Å². The van der Waals surface area contributed by atoms with E-state index >= 15 is 0 Å². The normalized spacial score (nSPS) is 11.3. The van der Waals surface area contributed by atoms with Crippen molar-refractivity contribution in [1.82, 2.24) is 4.98 Å². The average molecular weight is 295 g/mol. The molecule has 0 saturated carbocycles. The van der Waals surface area contributed by atoms with Gasteiger partial charge in [-0.25, -0.2) is 12.8 Å². The monoisotopic (exact) mass is 295 g/mol. The van der Waals surface area contributed by atoms with E-state index in [9.17, 15) is 12.8 Å². The summed E-state index contributed by atoms with van der Waals surface area (Å²) >= 11 is 0. The molecule has 106 valence electrons. The summed E-state index contributed by atoms with van der Waals surface area (Å²) in [6, 6.07) is 7.54. The van der Waals surface area contributed by atoms with E-state index in [1.54, 1.807) is 31.2 Å². The quantitative estimate of drug-likeness (QED) is 0.875. The number of nitrogens with two attached hydrogens (primary N) is 1. The van der Waals surface area contributed by atoms with Crippen molar-refractivity contribution in [2.24, 2.45) is 0 Å². The molecule has 1 heterocycles. The SMILES string of the molecule is CCN(c1ccccc1N)S(=O)(=O)c1cncc(F)c1. The average Bonchev–Trinajstić information content (AvgIpc) is 2.41. The molecule has 2 N–H and O–H groups in total. The number of hydrogen-bond acceptors (Lipinski definition) is 4. The predicted octanol–water partition coefficient (Wildman–Crippen LogP) is 2.02. The summed E-state index contributed by atoms with van der Waals surface area (Å²) in [5.41, 5.74) is 6.50. The second kappa shape index (κ2) is 5.46. The van der Waals surface area contributed by atoms with Crippen LogP contribution in [0.25, 0.3) is 0 Å². The van der Waals surface area contributed by atoms with Gasteiger partial charge < -0.3 is 5.73 Å². The molecule has 0 saturated heterocycles. The maximum absolute atomic E-state index is 13.2. The Hall–Kier alpha value is -2.15. The second-order valence-electron chi connectivity index (χ2n) is 4.07. The zero-order valence-corrected chi connectivity index (χ0v) is 11.6. The van der Waals surface area contributed by atoms with Crippen LogP contribution in [-0.2, 0) is 10.0 Å². The maximum Gasteiger partial charge on any atom is 0.266 e. The molecular weight excluding hydrogens is 281 g/mol. The van der Waals surface area contributed by atoms with E-state index in [-0.39, 0.29) is 11.4 Å². The highest BCUT2D eigenvalue weighted by atomic mass is 32.2. The Morgan fingerprint density at radius 3 is 2.60 bits per heavy atom. The summed E-state index contributed by atoms with van der Waals surface area (Å²) in [5.74, 6) is -0.705. The molecule has 5 nitrogen and oxygen atoms in total. The molecule has 0 spiro atoms. The molecule has 0 aliphatic carbocycles. The minimum absolute atomic E-state index is 0.174. The van der Waals surface area contributed by atoms with Gasteiger partial charge in [0.25, 0.3) is 10.0 Å². The number of hydrogen-bond donors (Lipinski definition) is 1. The highest BCUT2D eigenvalue weighted by Crippen LogP contribution is 2.28. The Morgan fingerprint density at radius 2 is 2.00 bits per heavy atom. The van der Waals surface area contributed by atoms with Gasteiger partial charge in [-0.15, -0.1) is 0 Å². The van der Waals surface area contributed by atoms with Crippen LogP contribution in [0.5, 0.6) is 0 Å². The first kappa shape index (κ1) is 14.3. The van der Waals surface area contributed by atoms with Gasteiger partial charge in [0.1, 0.15) is 10.7 Å². The number of anilines is 2. The van der Waals surface area contributed by atoms with E-state index in [1.807, 2.05) is 0 Å². The third-order valence-electron chi connectivity index (χ3n) is 2.76. The lowest BCUT2D eigenvalue weighted by Crippen LogP contribution is -2.31. The Balaban J connectivity index is 2.54. The number of nitrogens with zero attached hydrogens (tertiary/aromatic N) is 2. The van der Waals surface area contributed by atoms with Crippen molar-refractivity contribution in [2.45, 2.75) is 11.8 Å². The van der Waals surface area contributed by atoms with Crippen LogP contribution in [0.4, 0.5) is 15.8 Å². The summed E-state index contributed by atoms with van der Waals surface area (Å²) in [6.45, 7) is 1.85. The van der Waals surface area contributed by atoms with E-state index in [0.29, 0.717) is 11.4 Å². The Morgan fingerprint density at radius 1 is 1.30 bits per heavy atom. The van der Waals surface area contributed by atoms with Crippen LogP contribution in [0.1, 0.15) is 6.92 Å². The van der Waals surface area contributed by atoms with Gasteiger partial charge in [0, 0.05) is 12.7 Å². The Bertz CT molecular complexity index is 719.